The number of rotatable bonds is 12. The molecule has 33 heavy (non-hydrogen) atoms. The van der Waals surface area contributed by atoms with Crippen LogP contribution in [0.1, 0.15) is 22.9 Å². The average Bonchev–Trinajstić information content (AvgIpc) is 3.34. The molecular formula is C25H32N2O5S. The molecule has 1 atom stereocenters. The van der Waals surface area contributed by atoms with Crippen molar-refractivity contribution in [3.05, 3.63) is 65.7 Å². The number of hydrogen-bond acceptors (Lipinski definition) is 7. The Balaban J connectivity index is 1.59. The van der Waals surface area contributed by atoms with Gasteiger partial charge in [-0.2, -0.15) is 0 Å². The molecule has 0 aromatic heterocycles. The summed E-state index contributed by atoms with van der Waals surface area (Å²) in [5.74, 6) is 1.34. The number of carbonyl (C=O) groups is 2. The minimum Gasteiger partial charge on any atom is -0.497 e. The fraction of sp³-hybridized carbons (Fsp3) is 0.440. The lowest BCUT2D eigenvalue weighted by Crippen LogP contribution is -2.42. The molecule has 2 aromatic carbocycles. The molecule has 0 aliphatic carbocycles. The van der Waals surface area contributed by atoms with E-state index in [0.717, 1.165) is 29.1 Å². The molecule has 7 nitrogen and oxygen atoms in total. The molecule has 8 heteroatoms. The van der Waals surface area contributed by atoms with E-state index in [-0.39, 0.29) is 36.9 Å². The fourth-order valence-corrected chi connectivity index (χ4v) is 4.94. The maximum atomic E-state index is 13.2. The maximum absolute atomic E-state index is 13.2. The average molecular weight is 473 g/mol. The Morgan fingerprint density at radius 3 is 2.52 bits per heavy atom. The summed E-state index contributed by atoms with van der Waals surface area (Å²) >= 11 is 1.75. The summed E-state index contributed by atoms with van der Waals surface area (Å²) < 4.78 is 15.8. The molecule has 1 aliphatic rings. The van der Waals surface area contributed by atoms with Crippen LogP contribution in [0.2, 0.25) is 0 Å². The van der Waals surface area contributed by atoms with Gasteiger partial charge in [0.05, 0.1) is 20.2 Å². The van der Waals surface area contributed by atoms with Crippen molar-refractivity contribution in [2.45, 2.75) is 18.4 Å². The number of amides is 1. The van der Waals surface area contributed by atoms with Crippen molar-refractivity contribution in [2.24, 2.45) is 0 Å². The van der Waals surface area contributed by atoms with Crippen molar-refractivity contribution in [2.75, 3.05) is 52.8 Å². The van der Waals surface area contributed by atoms with Gasteiger partial charge >= 0.3 is 5.97 Å². The molecule has 0 saturated carbocycles. The zero-order chi connectivity index (χ0) is 23.5. The van der Waals surface area contributed by atoms with Crippen molar-refractivity contribution in [1.82, 2.24) is 9.80 Å². The molecule has 0 spiro atoms. The van der Waals surface area contributed by atoms with Gasteiger partial charge < -0.3 is 19.1 Å². The molecular weight excluding hydrogens is 440 g/mol. The van der Waals surface area contributed by atoms with Crippen molar-refractivity contribution in [1.29, 1.82) is 0 Å². The summed E-state index contributed by atoms with van der Waals surface area (Å²) in [6.07, 6.45) is 0.729. The first-order valence-corrected chi connectivity index (χ1v) is 12.1. The number of nitrogens with zero attached hydrogens (tertiary/aromatic N) is 2. The Kier molecular flexibility index (Phi) is 10.1. The van der Waals surface area contributed by atoms with Gasteiger partial charge in [-0.1, -0.05) is 42.5 Å². The van der Waals surface area contributed by atoms with Gasteiger partial charge in [-0.25, -0.2) is 0 Å². The number of hydrogen-bond donors (Lipinski definition) is 0. The summed E-state index contributed by atoms with van der Waals surface area (Å²) in [5, 5.41) is -0.0331. The highest BCUT2D eigenvalue weighted by molar-refractivity contribution is 7.99. The molecule has 0 radical (unpaired) electrons. The van der Waals surface area contributed by atoms with Crippen LogP contribution in [-0.4, -0.2) is 74.4 Å². The van der Waals surface area contributed by atoms with Crippen LogP contribution in [0.5, 0.6) is 5.75 Å². The fourth-order valence-electron chi connectivity index (χ4n) is 3.67. The molecule has 0 N–H and O–H groups in total. The summed E-state index contributed by atoms with van der Waals surface area (Å²) in [7, 11) is 3.28. The first kappa shape index (κ1) is 25.1. The summed E-state index contributed by atoms with van der Waals surface area (Å²) in [6, 6.07) is 17.4. The third-order valence-corrected chi connectivity index (χ3v) is 6.65. The van der Waals surface area contributed by atoms with Crippen molar-refractivity contribution < 1.29 is 23.8 Å². The van der Waals surface area contributed by atoms with Gasteiger partial charge in [-0.3, -0.25) is 14.5 Å². The maximum Gasteiger partial charge on any atom is 0.320 e. The molecule has 1 fully saturated rings. The number of methoxy groups -OCH3 is 2. The highest BCUT2D eigenvalue weighted by atomic mass is 32.2. The zero-order valence-electron chi connectivity index (χ0n) is 19.3. The van der Waals surface area contributed by atoms with Crippen molar-refractivity contribution >= 4 is 23.6 Å². The van der Waals surface area contributed by atoms with Crippen LogP contribution >= 0.6 is 11.8 Å². The first-order valence-electron chi connectivity index (χ1n) is 11.1. The van der Waals surface area contributed by atoms with Crippen LogP contribution in [-0.2, 0) is 25.7 Å². The van der Waals surface area contributed by atoms with Crippen LogP contribution in [0.15, 0.2) is 54.6 Å². The van der Waals surface area contributed by atoms with E-state index in [1.54, 1.807) is 26.0 Å². The second kappa shape index (κ2) is 13.2. The number of thioether (sulfide) groups is 1. The van der Waals surface area contributed by atoms with Gasteiger partial charge in [0, 0.05) is 32.6 Å². The summed E-state index contributed by atoms with van der Waals surface area (Å²) in [4.78, 5) is 29.4. The lowest BCUT2D eigenvalue weighted by atomic mass is 10.2. The van der Waals surface area contributed by atoms with Gasteiger partial charge in [-0.15, -0.1) is 11.8 Å². The van der Waals surface area contributed by atoms with E-state index >= 15 is 0 Å². The molecule has 0 bridgehead atoms. The van der Waals surface area contributed by atoms with Crippen LogP contribution in [0.4, 0.5) is 0 Å². The van der Waals surface area contributed by atoms with Crippen molar-refractivity contribution in [3.8, 4) is 5.75 Å². The van der Waals surface area contributed by atoms with Crippen LogP contribution in [0, 0.1) is 0 Å². The number of esters is 1. The second-order valence-corrected chi connectivity index (χ2v) is 8.97. The third kappa shape index (κ3) is 7.77. The molecule has 1 saturated heterocycles. The molecule has 2 aromatic rings. The molecule has 3 rings (SSSR count). The smallest absolute Gasteiger partial charge is 0.320 e. The highest BCUT2D eigenvalue weighted by Crippen LogP contribution is 2.38. The van der Waals surface area contributed by atoms with E-state index in [0.29, 0.717) is 19.7 Å². The van der Waals surface area contributed by atoms with Crippen LogP contribution < -0.4 is 4.74 Å². The van der Waals surface area contributed by atoms with Gasteiger partial charge in [0.2, 0.25) is 5.91 Å². The predicted molar refractivity (Wildman–Crippen MR) is 129 cm³/mol. The lowest BCUT2D eigenvalue weighted by Gasteiger charge is -2.28. The van der Waals surface area contributed by atoms with E-state index in [1.807, 2.05) is 64.4 Å². The Morgan fingerprint density at radius 1 is 1.06 bits per heavy atom. The van der Waals surface area contributed by atoms with Crippen LogP contribution in [0.3, 0.4) is 0 Å². The summed E-state index contributed by atoms with van der Waals surface area (Å²) in [5.41, 5.74) is 2.00. The zero-order valence-corrected chi connectivity index (χ0v) is 20.1. The Hall–Kier alpha value is -2.55. The molecule has 1 aliphatic heterocycles. The Bertz CT molecular complexity index is 878. The summed E-state index contributed by atoms with van der Waals surface area (Å²) in [6.45, 7) is 2.28. The monoisotopic (exact) mass is 472 g/mol. The largest absolute Gasteiger partial charge is 0.497 e. The van der Waals surface area contributed by atoms with E-state index in [2.05, 4.69) is 0 Å². The van der Waals surface area contributed by atoms with E-state index < -0.39 is 0 Å². The topological polar surface area (TPSA) is 68.3 Å². The van der Waals surface area contributed by atoms with Gasteiger partial charge in [0.25, 0.3) is 0 Å². The molecule has 1 heterocycles. The van der Waals surface area contributed by atoms with E-state index in [9.17, 15) is 9.59 Å². The Labute approximate surface area is 200 Å². The van der Waals surface area contributed by atoms with Crippen LogP contribution in [0.25, 0.3) is 0 Å². The number of ether oxygens (including phenoxy) is 3. The Morgan fingerprint density at radius 2 is 1.82 bits per heavy atom. The van der Waals surface area contributed by atoms with Crippen molar-refractivity contribution in [3.63, 3.8) is 0 Å². The minimum absolute atomic E-state index is 0.00842. The second-order valence-electron chi connectivity index (χ2n) is 7.79. The normalized spacial score (nSPS) is 15.6. The van der Waals surface area contributed by atoms with Gasteiger partial charge in [0.1, 0.15) is 17.7 Å². The molecule has 1 amide bonds. The predicted octanol–water partition coefficient (Wildman–Crippen LogP) is 3.35. The SMILES string of the molecule is COCCCN(CC(=O)OCc1ccccc1)CC(=O)N1CCS[C@H]1c1ccc(OC)cc1. The quantitative estimate of drug-likeness (QED) is 0.347. The molecule has 0 unspecified atom stereocenters. The van der Waals surface area contributed by atoms with E-state index in [4.69, 9.17) is 14.2 Å². The minimum atomic E-state index is -0.341. The number of benzene rings is 2. The van der Waals surface area contributed by atoms with Gasteiger partial charge in [-0.05, 0) is 29.7 Å². The third-order valence-electron chi connectivity index (χ3n) is 5.39. The number of carbonyl (C=O) groups excluding carboxylic acids is 2. The van der Waals surface area contributed by atoms with E-state index in [1.165, 1.54) is 0 Å². The lowest BCUT2D eigenvalue weighted by molar-refractivity contribution is -0.147. The molecule has 178 valence electrons. The van der Waals surface area contributed by atoms with Gasteiger partial charge in [0.15, 0.2) is 0 Å². The standard InChI is InChI=1S/C25H32N2O5S/c1-30-15-6-13-26(18-24(29)32-19-20-7-4-3-5-8-20)17-23(28)27-14-16-33-25(27)21-9-11-22(31-2)12-10-21/h3-5,7-12,25H,6,13-19H2,1-2H3/t25-/m0/s1. The first-order chi connectivity index (χ1) is 16.1. The highest BCUT2D eigenvalue weighted by Gasteiger charge is 2.31.